The van der Waals surface area contributed by atoms with E-state index in [1.807, 2.05) is 37.0 Å². The Morgan fingerprint density at radius 2 is 2.25 bits per heavy atom. The van der Waals surface area contributed by atoms with Gasteiger partial charge in [-0.3, -0.25) is 19.4 Å². The molecule has 7 nitrogen and oxygen atoms in total. The van der Waals surface area contributed by atoms with Crippen molar-refractivity contribution in [3.05, 3.63) is 41.5 Å². The van der Waals surface area contributed by atoms with Gasteiger partial charge < -0.3 is 10.5 Å². The molecule has 3 rings (SSSR count). The third-order valence-corrected chi connectivity index (χ3v) is 4.84. The number of aromatic nitrogens is 3. The maximum absolute atomic E-state index is 11.9. The quantitative estimate of drug-likeness (QED) is 0.878. The highest BCUT2D eigenvalue weighted by Gasteiger charge is 2.38. The average molecular weight is 329 g/mol. The van der Waals surface area contributed by atoms with Gasteiger partial charge in [-0.1, -0.05) is 0 Å². The number of nitrogens with zero attached hydrogens (tertiary/aromatic N) is 4. The molecular weight excluding hydrogens is 306 g/mol. The Hall–Kier alpha value is -2.41. The van der Waals surface area contributed by atoms with Crippen molar-refractivity contribution in [3.8, 4) is 5.75 Å². The Bertz CT molecular complexity index is 742. The predicted octanol–water partition coefficient (Wildman–Crippen LogP) is 0.833. The number of hydrogen-bond donors (Lipinski definition) is 1. The van der Waals surface area contributed by atoms with Gasteiger partial charge in [0, 0.05) is 50.6 Å². The molecule has 2 N–H and O–H groups in total. The van der Waals surface area contributed by atoms with Crippen molar-refractivity contribution in [1.82, 2.24) is 19.7 Å². The molecule has 0 saturated carbocycles. The van der Waals surface area contributed by atoms with Gasteiger partial charge in [0.2, 0.25) is 5.91 Å². The van der Waals surface area contributed by atoms with E-state index in [2.05, 4.69) is 15.0 Å². The summed E-state index contributed by atoms with van der Waals surface area (Å²) in [6, 6.07) is 3.74. The molecule has 2 aromatic heterocycles. The van der Waals surface area contributed by atoms with Gasteiger partial charge in [-0.05, 0) is 18.6 Å². The standard InChI is InChI=1S/C17H23N5O2/c1-11-14(7-20-21(11)2)15-9-22(10-16(15)17(18)23)8-12-6-13(24-3)4-5-19-12/h4-7,15-16H,8-10H2,1-3H3,(H2,18,23)/t15-,16+/m1/s1. The van der Waals surface area contributed by atoms with E-state index in [4.69, 9.17) is 10.5 Å². The van der Waals surface area contributed by atoms with Gasteiger partial charge in [-0.15, -0.1) is 0 Å². The van der Waals surface area contributed by atoms with Gasteiger partial charge in [0.1, 0.15) is 5.75 Å². The van der Waals surface area contributed by atoms with Crippen LogP contribution in [0.3, 0.4) is 0 Å². The Morgan fingerprint density at radius 3 is 2.88 bits per heavy atom. The van der Waals surface area contributed by atoms with Crippen molar-refractivity contribution in [1.29, 1.82) is 0 Å². The Labute approximate surface area is 141 Å². The summed E-state index contributed by atoms with van der Waals surface area (Å²) in [5.41, 5.74) is 8.75. The fraction of sp³-hybridized carbons (Fsp3) is 0.471. The van der Waals surface area contributed by atoms with Crippen LogP contribution in [0.25, 0.3) is 0 Å². The first-order chi connectivity index (χ1) is 11.5. The molecular formula is C17H23N5O2. The van der Waals surface area contributed by atoms with Crippen LogP contribution in [-0.2, 0) is 18.4 Å². The molecule has 128 valence electrons. The van der Waals surface area contributed by atoms with Crippen LogP contribution in [0.2, 0.25) is 0 Å². The van der Waals surface area contributed by atoms with Crippen LogP contribution in [-0.4, -0.2) is 45.8 Å². The van der Waals surface area contributed by atoms with Gasteiger partial charge in [0.15, 0.2) is 0 Å². The summed E-state index contributed by atoms with van der Waals surface area (Å²) in [6.07, 6.45) is 3.59. The second kappa shape index (κ2) is 6.60. The van der Waals surface area contributed by atoms with E-state index < -0.39 is 0 Å². The summed E-state index contributed by atoms with van der Waals surface area (Å²) >= 11 is 0. The second-order valence-corrected chi connectivity index (χ2v) is 6.31. The number of likely N-dealkylation sites (tertiary alicyclic amines) is 1. The molecule has 0 aliphatic carbocycles. The zero-order chi connectivity index (χ0) is 17.3. The number of carbonyl (C=O) groups excluding carboxylic acids is 1. The van der Waals surface area contributed by atoms with Crippen molar-refractivity contribution >= 4 is 5.91 Å². The molecule has 1 fully saturated rings. The van der Waals surface area contributed by atoms with Crippen LogP contribution in [0.4, 0.5) is 0 Å². The van der Waals surface area contributed by atoms with E-state index in [1.165, 1.54) is 0 Å². The Morgan fingerprint density at radius 1 is 1.46 bits per heavy atom. The number of carbonyl (C=O) groups is 1. The molecule has 24 heavy (non-hydrogen) atoms. The topological polar surface area (TPSA) is 86.3 Å². The van der Waals surface area contributed by atoms with Crippen molar-refractivity contribution in [2.75, 3.05) is 20.2 Å². The number of primary amides is 1. The van der Waals surface area contributed by atoms with Gasteiger partial charge in [-0.25, -0.2) is 0 Å². The largest absolute Gasteiger partial charge is 0.497 e. The second-order valence-electron chi connectivity index (χ2n) is 6.31. The first-order valence-corrected chi connectivity index (χ1v) is 7.98. The van der Waals surface area contributed by atoms with Crippen LogP contribution in [0, 0.1) is 12.8 Å². The number of amides is 1. The van der Waals surface area contributed by atoms with Gasteiger partial charge in [0.25, 0.3) is 0 Å². The molecule has 0 unspecified atom stereocenters. The summed E-state index contributed by atoms with van der Waals surface area (Å²) in [5.74, 6) is 0.384. The summed E-state index contributed by atoms with van der Waals surface area (Å²) in [4.78, 5) is 18.5. The Balaban J connectivity index is 1.80. The minimum Gasteiger partial charge on any atom is -0.497 e. The number of rotatable bonds is 5. The van der Waals surface area contributed by atoms with Crippen molar-refractivity contribution < 1.29 is 9.53 Å². The van der Waals surface area contributed by atoms with E-state index in [0.717, 1.165) is 29.2 Å². The number of methoxy groups -OCH3 is 1. The number of nitrogens with two attached hydrogens (primary N) is 1. The summed E-state index contributed by atoms with van der Waals surface area (Å²) in [6.45, 7) is 4.08. The lowest BCUT2D eigenvalue weighted by molar-refractivity contribution is -0.121. The highest BCUT2D eigenvalue weighted by Crippen LogP contribution is 2.34. The fourth-order valence-corrected chi connectivity index (χ4v) is 3.40. The van der Waals surface area contributed by atoms with Crippen LogP contribution in [0.5, 0.6) is 5.75 Å². The van der Waals surface area contributed by atoms with Gasteiger partial charge in [-0.2, -0.15) is 5.10 Å². The first-order valence-electron chi connectivity index (χ1n) is 7.98. The molecule has 0 bridgehead atoms. The molecule has 0 aromatic carbocycles. The van der Waals surface area contributed by atoms with E-state index >= 15 is 0 Å². The number of ether oxygens (including phenoxy) is 1. The van der Waals surface area contributed by atoms with Crippen molar-refractivity contribution in [2.45, 2.75) is 19.4 Å². The first kappa shape index (κ1) is 16.4. The zero-order valence-electron chi connectivity index (χ0n) is 14.3. The molecule has 1 saturated heterocycles. The number of pyridine rings is 1. The maximum Gasteiger partial charge on any atom is 0.222 e. The lowest BCUT2D eigenvalue weighted by atomic mass is 9.89. The molecule has 0 radical (unpaired) electrons. The summed E-state index contributed by atoms with van der Waals surface area (Å²) in [7, 11) is 3.55. The van der Waals surface area contributed by atoms with Crippen LogP contribution < -0.4 is 10.5 Å². The molecule has 1 aliphatic heterocycles. The molecule has 2 aromatic rings. The third kappa shape index (κ3) is 3.12. The molecule has 1 aliphatic rings. The molecule has 1 amide bonds. The van der Waals surface area contributed by atoms with Gasteiger partial charge in [0.05, 0.1) is 24.9 Å². The smallest absolute Gasteiger partial charge is 0.222 e. The lowest BCUT2D eigenvalue weighted by Crippen LogP contribution is -2.29. The van der Waals surface area contributed by atoms with Crippen LogP contribution in [0.1, 0.15) is 22.9 Å². The normalized spacial score (nSPS) is 21.1. The van der Waals surface area contributed by atoms with E-state index in [-0.39, 0.29) is 17.7 Å². The lowest BCUT2D eigenvalue weighted by Gasteiger charge is -2.16. The zero-order valence-corrected chi connectivity index (χ0v) is 14.3. The molecule has 0 spiro atoms. The average Bonchev–Trinajstić information content (AvgIpc) is 3.12. The minimum atomic E-state index is -0.260. The van der Waals surface area contributed by atoms with E-state index in [9.17, 15) is 4.79 Å². The van der Waals surface area contributed by atoms with E-state index in [0.29, 0.717) is 13.1 Å². The SMILES string of the molecule is COc1ccnc(CN2C[C@H](C(N)=O)[C@@H](c3cnn(C)c3C)C2)c1. The Kier molecular flexibility index (Phi) is 4.53. The van der Waals surface area contributed by atoms with Gasteiger partial charge >= 0.3 is 0 Å². The minimum absolute atomic E-state index is 0.0711. The van der Waals surface area contributed by atoms with Crippen molar-refractivity contribution in [3.63, 3.8) is 0 Å². The number of hydrogen-bond acceptors (Lipinski definition) is 5. The highest BCUT2D eigenvalue weighted by molar-refractivity contribution is 5.78. The predicted molar refractivity (Wildman–Crippen MR) is 89.4 cm³/mol. The monoisotopic (exact) mass is 329 g/mol. The summed E-state index contributed by atoms with van der Waals surface area (Å²) < 4.78 is 7.08. The highest BCUT2D eigenvalue weighted by atomic mass is 16.5. The van der Waals surface area contributed by atoms with Crippen LogP contribution >= 0.6 is 0 Å². The van der Waals surface area contributed by atoms with Crippen molar-refractivity contribution in [2.24, 2.45) is 18.7 Å². The molecule has 2 atom stereocenters. The maximum atomic E-state index is 11.9. The molecule has 3 heterocycles. The summed E-state index contributed by atoms with van der Waals surface area (Å²) in [5, 5.41) is 4.30. The molecule has 7 heteroatoms. The fourth-order valence-electron chi connectivity index (χ4n) is 3.40. The number of aryl methyl sites for hydroxylation is 1. The van der Waals surface area contributed by atoms with E-state index in [1.54, 1.807) is 13.3 Å². The van der Waals surface area contributed by atoms with Crippen LogP contribution in [0.15, 0.2) is 24.5 Å². The third-order valence-electron chi connectivity index (χ3n) is 4.84.